The Morgan fingerprint density at radius 3 is 2.73 bits per heavy atom. The van der Waals surface area contributed by atoms with Crippen molar-refractivity contribution in [2.75, 3.05) is 6.54 Å². The second-order valence-corrected chi connectivity index (χ2v) is 11.1. The van der Waals surface area contributed by atoms with E-state index in [0.717, 1.165) is 50.8 Å². The number of nitrogens with one attached hydrogen (secondary N) is 1. The summed E-state index contributed by atoms with van der Waals surface area (Å²) in [5.41, 5.74) is 3.56. The summed E-state index contributed by atoms with van der Waals surface area (Å²) in [5, 5.41) is 31.5. The number of aromatic carboxylic acids is 1. The van der Waals surface area contributed by atoms with E-state index in [1.807, 2.05) is 30.5 Å². The molecule has 2 unspecified atom stereocenters. The van der Waals surface area contributed by atoms with Crippen LogP contribution in [0.2, 0.25) is 0 Å². The van der Waals surface area contributed by atoms with Crippen LogP contribution in [0.15, 0.2) is 54.9 Å². The molecule has 4 aromatic rings. The lowest BCUT2D eigenvalue weighted by atomic mass is 9.95. The zero-order valence-corrected chi connectivity index (χ0v) is 23.3. The lowest BCUT2D eigenvalue weighted by Gasteiger charge is -2.37. The van der Waals surface area contributed by atoms with Crippen molar-refractivity contribution >= 4 is 11.8 Å². The van der Waals surface area contributed by atoms with Gasteiger partial charge in [-0.05, 0) is 55.9 Å². The van der Waals surface area contributed by atoms with Gasteiger partial charge in [0.1, 0.15) is 17.2 Å². The molecule has 2 aromatic heterocycles. The van der Waals surface area contributed by atoms with Gasteiger partial charge in [0.2, 0.25) is 0 Å². The average Bonchev–Trinajstić information content (AvgIpc) is 3.42. The number of carbonyl (C=O) groups is 1. The molecule has 3 atom stereocenters. The zero-order valence-electron chi connectivity index (χ0n) is 23.3. The van der Waals surface area contributed by atoms with Crippen LogP contribution >= 0.6 is 0 Å². The maximum absolute atomic E-state index is 16.1. The number of likely N-dealkylation sites (tertiary alicyclic amines) is 1. The summed E-state index contributed by atoms with van der Waals surface area (Å²) >= 11 is 0. The Labute approximate surface area is 238 Å². The van der Waals surface area contributed by atoms with Crippen LogP contribution in [0.3, 0.4) is 0 Å². The van der Waals surface area contributed by atoms with Gasteiger partial charge >= 0.3 is 5.97 Å². The van der Waals surface area contributed by atoms with E-state index in [2.05, 4.69) is 27.2 Å². The van der Waals surface area contributed by atoms with Crippen molar-refractivity contribution in [3.63, 3.8) is 0 Å². The van der Waals surface area contributed by atoms with Crippen molar-refractivity contribution in [3.8, 4) is 16.8 Å². The molecule has 0 amide bonds. The molecule has 6 rings (SSSR count). The minimum atomic E-state index is -1.04. The highest BCUT2D eigenvalue weighted by Crippen LogP contribution is 2.55. The summed E-state index contributed by atoms with van der Waals surface area (Å²) in [6.07, 6.45) is 9.19. The predicted molar refractivity (Wildman–Crippen MR) is 153 cm³/mol. The van der Waals surface area contributed by atoms with Crippen LogP contribution < -0.4 is 0 Å². The van der Waals surface area contributed by atoms with Crippen molar-refractivity contribution in [1.82, 2.24) is 29.7 Å². The summed E-state index contributed by atoms with van der Waals surface area (Å²) in [6.45, 7) is 2.92. The average molecular weight is 556 g/mol. The highest BCUT2D eigenvalue weighted by molar-refractivity contribution is 5.98. The molecule has 0 spiro atoms. The van der Waals surface area contributed by atoms with Crippen LogP contribution in [0.25, 0.3) is 16.8 Å². The lowest BCUT2D eigenvalue weighted by Crippen LogP contribution is -2.44. The third kappa shape index (κ3) is 5.03. The van der Waals surface area contributed by atoms with Crippen molar-refractivity contribution in [2.24, 2.45) is 7.05 Å². The molecule has 0 radical (unpaired) electrons. The molecule has 9 nitrogen and oxygen atoms in total. The number of aryl methyl sites for hydroxylation is 1. The highest BCUT2D eigenvalue weighted by atomic mass is 19.1. The number of nitrogens with zero attached hydrogens (tertiary/aromatic N) is 6. The molecule has 0 bridgehead atoms. The predicted octanol–water partition coefficient (Wildman–Crippen LogP) is 5.76. The molecule has 2 aromatic carbocycles. The Kier molecular flexibility index (Phi) is 7.15. The number of aromatic nitrogens is 5. The number of amidine groups is 1. The van der Waals surface area contributed by atoms with Gasteiger partial charge in [-0.2, -0.15) is 5.10 Å². The van der Waals surface area contributed by atoms with Crippen LogP contribution in [0.4, 0.5) is 4.39 Å². The third-order valence-electron chi connectivity index (χ3n) is 8.37. The van der Waals surface area contributed by atoms with E-state index in [-0.39, 0.29) is 29.3 Å². The minimum absolute atomic E-state index is 0.0619. The van der Waals surface area contributed by atoms with E-state index in [1.54, 1.807) is 34.6 Å². The number of carboxylic acid groups (broad SMARTS) is 1. The maximum Gasteiger partial charge on any atom is 0.339 e. The molecular formula is C31H34FN7O2. The van der Waals surface area contributed by atoms with Crippen LogP contribution in [0, 0.1) is 11.2 Å². The zero-order chi connectivity index (χ0) is 28.7. The van der Waals surface area contributed by atoms with E-state index in [0.29, 0.717) is 28.1 Å². The molecule has 1 aliphatic heterocycles. The normalized spacial score (nSPS) is 20.3. The Hall–Kier alpha value is -4.34. The fourth-order valence-electron chi connectivity index (χ4n) is 6.27. The number of benzene rings is 2. The number of hydrogen-bond acceptors (Lipinski definition) is 5. The molecular weight excluding hydrogens is 521 g/mol. The van der Waals surface area contributed by atoms with E-state index in [9.17, 15) is 9.90 Å². The SMILES string of the molecule is CCC[C@@H]1CCCCN1C(=N)c1cccc(-c2cccc(-n3ncc(C(=O)O)c3C3CC3c3cn(C)nn3)c2)c1F. The molecule has 2 N–H and O–H groups in total. The first-order valence-electron chi connectivity index (χ1n) is 14.3. The van der Waals surface area contributed by atoms with Crippen molar-refractivity contribution in [2.45, 2.75) is 63.3 Å². The van der Waals surface area contributed by atoms with Gasteiger partial charge in [0, 0.05) is 43.2 Å². The first-order chi connectivity index (χ1) is 19.9. The van der Waals surface area contributed by atoms with E-state index in [1.165, 1.54) is 6.20 Å². The first-order valence-corrected chi connectivity index (χ1v) is 14.3. The fourth-order valence-corrected chi connectivity index (χ4v) is 6.27. The van der Waals surface area contributed by atoms with Gasteiger partial charge in [0.15, 0.2) is 0 Å². The second-order valence-electron chi connectivity index (χ2n) is 11.1. The summed E-state index contributed by atoms with van der Waals surface area (Å²) in [7, 11) is 1.80. The summed E-state index contributed by atoms with van der Waals surface area (Å²) < 4.78 is 19.4. The minimum Gasteiger partial charge on any atom is -0.478 e. The lowest BCUT2D eigenvalue weighted by molar-refractivity contribution is 0.0695. The van der Waals surface area contributed by atoms with Crippen LogP contribution in [-0.2, 0) is 7.05 Å². The third-order valence-corrected chi connectivity index (χ3v) is 8.37. The van der Waals surface area contributed by atoms with Gasteiger partial charge < -0.3 is 10.0 Å². The monoisotopic (exact) mass is 555 g/mol. The summed E-state index contributed by atoms with van der Waals surface area (Å²) in [6, 6.07) is 12.8. The Morgan fingerprint density at radius 2 is 1.98 bits per heavy atom. The van der Waals surface area contributed by atoms with Gasteiger partial charge in [0.05, 0.1) is 28.8 Å². The second kappa shape index (κ2) is 10.9. The van der Waals surface area contributed by atoms with Gasteiger partial charge in [-0.25, -0.2) is 13.9 Å². The molecule has 1 saturated heterocycles. The van der Waals surface area contributed by atoms with Crippen molar-refractivity contribution in [1.29, 1.82) is 5.41 Å². The Balaban J connectivity index is 1.34. The summed E-state index contributed by atoms with van der Waals surface area (Å²) in [5.74, 6) is -1.23. The van der Waals surface area contributed by atoms with Crippen molar-refractivity contribution in [3.05, 3.63) is 83.2 Å². The topological polar surface area (TPSA) is 113 Å². The molecule has 41 heavy (non-hydrogen) atoms. The molecule has 3 heterocycles. The number of rotatable bonds is 8. The number of hydrogen-bond donors (Lipinski definition) is 2. The quantitative estimate of drug-likeness (QED) is 0.211. The van der Waals surface area contributed by atoms with E-state index < -0.39 is 11.8 Å². The van der Waals surface area contributed by atoms with E-state index in [4.69, 9.17) is 5.41 Å². The maximum atomic E-state index is 16.1. The van der Waals surface area contributed by atoms with Gasteiger partial charge in [-0.1, -0.05) is 42.8 Å². The van der Waals surface area contributed by atoms with Gasteiger partial charge in [-0.3, -0.25) is 10.1 Å². The molecule has 2 aliphatic rings. The molecule has 1 saturated carbocycles. The fraction of sp³-hybridized carbons (Fsp3) is 0.387. The Morgan fingerprint density at radius 1 is 1.15 bits per heavy atom. The highest BCUT2D eigenvalue weighted by Gasteiger charge is 2.46. The number of carboxylic acids is 1. The van der Waals surface area contributed by atoms with Crippen LogP contribution in [-0.4, -0.2) is 59.2 Å². The van der Waals surface area contributed by atoms with Gasteiger partial charge in [0.25, 0.3) is 0 Å². The standard InChI is InChI=1S/C31H34FN7O2/c1-3-8-20-10-4-5-14-38(20)30(33)23-13-7-12-22(28(23)32)19-9-6-11-21(15-19)39-29(26(17-34-39)31(40)41)25-16-24(25)27-18-37(2)36-35-27/h6-7,9,11-13,15,17-18,20,24-25,33H,3-5,8,10,14,16H2,1-2H3,(H,40,41)/t20-,24?,25?/m1/s1. The molecule has 1 aliphatic carbocycles. The first kappa shape index (κ1) is 26.9. The van der Waals surface area contributed by atoms with Crippen LogP contribution in [0.1, 0.15) is 84.6 Å². The van der Waals surface area contributed by atoms with Crippen molar-refractivity contribution < 1.29 is 14.3 Å². The number of piperidine rings is 1. The Bertz CT molecular complexity index is 1610. The number of halogens is 1. The smallest absolute Gasteiger partial charge is 0.339 e. The molecule has 212 valence electrons. The van der Waals surface area contributed by atoms with Gasteiger partial charge in [-0.15, -0.1) is 5.10 Å². The molecule has 2 fully saturated rings. The summed E-state index contributed by atoms with van der Waals surface area (Å²) in [4.78, 5) is 14.2. The van der Waals surface area contributed by atoms with E-state index >= 15 is 4.39 Å². The van der Waals surface area contributed by atoms with Crippen LogP contribution in [0.5, 0.6) is 0 Å². The molecule has 10 heteroatoms. The largest absolute Gasteiger partial charge is 0.478 e.